The van der Waals surface area contributed by atoms with Crippen molar-refractivity contribution in [3.8, 4) is 33.4 Å². The Morgan fingerprint density at radius 2 is 0.868 bits per heavy atom. The van der Waals surface area contributed by atoms with Crippen molar-refractivity contribution in [2.45, 2.75) is 0 Å². The quantitative estimate of drug-likeness (QED) is 0.142. The molecule has 0 N–H and O–H groups in total. The van der Waals surface area contributed by atoms with Gasteiger partial charge in [-0.2, -0.15) is 0 Å². The van der Waals surface area contributed by atoms with Gasteiger partial charge in [-0.15, -0.1) is 0 Å². The Morgan fingerprint density at radius 3 is 1.51 bits per heavy atom. The predicted octanol–water partition coefficient (Wildman–Crippen LogP) is 20.3. The summed E-state index contributed by atoms with van der Waals surface area (Å²) >= 11 is 0. The summed E-state index contributed by atoms with van der Waals surface area (Å²) in [4.78, 5) is 4.79. The van der Waals surface area contributed by atoms with Gasteiger partial charge in [0.2, 0.25) is 0 Å². The third kappa shape index (κ3) is 7.94. The highest BCUT2D eigenvalue weighted by Crippen LogP contribution is 2.44. The fraction of sp³-hybridized carbons (Fsp3) is 0.0137. The minimum absolute atomic E-state index is 0.675. The highest BCUT2D eigenvalue weighted by Gasteiger charge is 2.21. The number of furan rings is 1. The maximum Gasteiger partial charge on any atom is 0.136 e. The summed E-state index contributed by atoms with van der Waals surface area (Å²) in [5, 5.41) is 9.82. The molecule has 358 valence electrons. The molecule has 0 aliphatic carbocycles. The molecule has 0 bridgehead atoms. The summed E-state index contributed by atoms with van der Waals surface area (Å²) in [6.45, 7) is 5.47. The molecule has 0 spiro atoms. The van der Waals surface area contributed by atoms with Crippen molar-refractivity contribution >= 4 is 93.8 Å². The lowest BCUT2D eigenvalue weighted by Gasteiger charge is -2.28. The van der Waals surface area contributed by atoms with Crippen LogP contribution in [0.15, 0.2) is 290 Å². The number of benzene rings is 12. The number of fused-ring (bicyclic) bond motifs is 10. The summed E-state index contributed by atoms with van der Waals surface area (Å²) in [6.07, 6.45) is 6.77. The van der Waals surface area contributed by atoms with Crippen molar-refractivity contribution in [3.05, 3.63) is 297 Å². The molecule has 0 radical (unpaired) electrons. The van der Waals surface area contributed by atoms with Gasteiger partial charge in [0.05, 0.1) is 0 Å². The minimum atomic E-state index is 0.675. The lowest BCUT2D eigenvalue weighted by atomic mass is 9.93. The summed E-state index contributed by atoms with van der Waals surface area (Å²) in [5.74, 6) is 0. The highest BCUT2D eigenvalue weighted by molar-refractivity contribution is 6.26. The maximum absolute atomic E-state index is 6.28. The van der Waals surface area contributed by atoms with Crippen LogP contribution in [-0.2, 0) is 0 Å². The van der Waals surface area contributed by atoms with Crippen LogP contribution in [0.5, 0.6) is 0 Å². The van der Waals surface area contributed by atoms with Crippen LogP contribution in [0.3, 0.4) is 0 Å². The molecule has 0 fully saturated rings. The van der Waals surface area contributed by atoms with Crippen molar-refractivity contribution in [2.75, 3.05) is 16.3 Å². The molecule has 14 rings (SSSR count). The van der Waals surface area contributed by atoms with Crippen molar-refractivity contribution in [3.63, 3.8) is 0 Å². The van der Waals surface area contributed by atoms with E-state index >= 15 is 0 Å². The van der Waals surface area contributed by atoms with Gasteiger partial charge in [-0.1, -0.05) is 207 Å². The summed E-state index contributed by atoms with van der Waals surface area (Å²) in [6, 6.07) is 94.1. The number of hydrogen-bond donors (Lipinski definition) is 0. The summed E-state index contributed by atoms with van der Waals surface area (Å²) < 4.78 is 6.28. The fourth-order valence-electron chi connectivity index (χ4n) is 11.5. The number of allylic oxidation sites excluding steroid dienone is 4. The van der Waals surface area contributed by atoms with E-state index in [-0.39, 0.29) is 0 Å². The predicted molar refractivity (Wildman–Crippen MR) is 323 cm³/mol. The van der Waals surface area contributed by atoms with E-state index in [1.807, 2.05) is 12.1 Å². The first-order chi connectivity index (χ1) is 37.6. The third-order valence-electron chi connectivity index (χ3n) is 15.2. The van der Waals surface area contributed by atoms with Crippen LogP contribution in [-0.4, -0.2) is 6.54 Å². The smallest absolute Gasteiger partial charge is 0.136 e. The molecule has 76 heavy (non-hydrogen) atoms. The molecule has 1 aliphatic heterocycles. The van der Waals surface area contributed by atoms with Crippen LogP contribution in [0.4, 0.5) is 28.4 Å². The molecule has 1 aromatic heterocycles. The van der Waals surface area contributed by atoms with E-state index in [2.05, 4.69) is 277 Å². The van der Waals surface area contributed by atoms with E-state index in [9.17, 15) is 0 Å². The molecule has 0 amide bonds. The van der Waals surface area contributed by atoms with Crippen LogP contribution >= 0.6 is 0 Å². The largest absolute Gasteiger partial charge is 0.456 e. The first-order valence-corrected chi connectivity index (χ1v) is 26.0. The third-order valence-corrected chi connectivity index (χ3v) is 15.2. The van der Waals surface area contributed by atoms with Crippen molar-refractivity contribution in [1.82, 2.24) is 0 Å². The second-order valence-electron chi connectivity index (χ2n) is 19.7. The Hall–Kier alpha value is -9.96. The zero-order valence-corrected chi connectivity index (χ0v) is 41.8. The van der Waals surface area contributed by atoms with E-state index in [0.717, 1.165) is 94.9 Å². The molecule has 12 aromatic carbocycles. The van der Waals surface area contributed by atoms with Gasteiger partial charge >= 0.3 is 0 Å². The summed E-state index contributed by atoms with van der Waals surface area (Å²) in [5.41, 5.74) is 18.4. The van der Waals surface area contributed by atoms with Crippen LogP contribution in [0.1, 0.15) is 11.1 Å². The number of rotatable bonds is 8. The number of nitrogens with zero attached hydrogens (tertiary/aromatic N) is 2. The van der Waals surface area contributed by atoms with Crippen LogP contribution in [0.25, 0.3) is 98.8 Å². The van der Waals surface area contributed by atoms with E-state index in [1.165, 1.54) is 43.4 Å². The van der Waals surface area contributed by atoms with E-state index in [0.29, 0.717) is 6.54 Å². The zero-order chi connectivity index (χ0) is 50.5. The average molecular weight is 971 g/mol. The van der Waals surface area contributed by atoms with Crippen LogP contribution in [0.2, 0.25) is 0 Å². The molecule has 0 saturated carbocycles. The number of para-hydroxylation sites is 1. The summed E-state index contributed by atoms with van der Waals surface area (Å²) in [7, 11) is 0. The van der Waals surface area contributed by atoms with E-state index in [4.69, 9.17) is 11.0 Å². The topological polar surface area (TPSA) is 19.6 Å². The van der Waals surface area contributed by atoms with E-state index in [1.54, 1.807) is 0 Å². The molecule has 2 heterocycles. The maximum atomic E-state index is 6.28. The first-order valence-electron chi connectivity index (χ1n) is 26.0. The second-order valence-corrected chi connectivity index (χ2v) is 19.7. The normalized spacial score (nSPS) is 13.8. The van der Waals surface area contributed by atoms with Gasteiger partial charge in [0.25, 0.3) is 0 Å². The standard InChI is InChI=1S/C73H50N2O/c1-49-46-55(51-18-6-3-7-19-51)20-15-45-74(60-42-43-66-64-23-9-8-21-62(64)63-22-10-11-24-65(63)69(66)48-60)70-44-35-56(47-68(49)70)53-31-38-58(39-32-53)75(57-36-29-52(30-37-57)50-16-4-2-5-17-50)59-40-33-54(34-41-59)61-26-14-28-72-73(61)67-25-12-13-27-71(67)76-72/h2-44,46-48H,1,45H2/b20-15-,55-46+. The van der Waals surface area contributed by atoms with Crippen molar-refractivity contribution < 1.29 is 4.42 Å². The molecule has 3 heteroatoms. The Morgan fingerprint density at radius 1 is 0.368 bits per heavy atom. The minimum Gasteiger partial charge on any atom is -0.456 e. The number of hydrogen-bond acceptors (Lipinski definition) is 3. The molecule has 0 atom stereocenters. The molecular formula is C73H50N2O. The Labute approximate surface area is 442 Å². The molecule has 1 aliphatic rings. The molecule has 13 aromatic rings. The molecule has 0 unspecified atom stereocenters. The van der Waals surface area contributed by atoms with Gasteiger partial charge < -0.3 is 14.2 Å². The molecule has 0 saturated heterocycles. The first kappa shape index (κ1) is 44.7. The van der Waals surface area contributed by atoms with Gasteiger partial charge in [-0.25, -0.2) is 0 Å². The lowest BCUT2D eigenvalue weighted by Crippen LogP contribution is -2.18. The van der Waals surface area contributed by atoms with Gasteiger partial charge in [0.1, 0.15) is 11.2 Å². The monoisotopic (exact) mass is 970 g/mol. The Kier molecular flexibility index (Phi) is 11.1. The van der Waals surface area contributed by atoms with Crippen molar-refractivity contribution in [1.29, 1.82) is 0 Å². The van der Waals surface area contributed by atoms with Gasteiger partial charge in [-0.3, -0.25) is 0 Å². The SMILES string of the molecule is C=C1/C=C(c2ccccc2)\C=C/CN(c2ccc3c4ccccc4c4ccccc4c3c2)c2ccc(-c3ccc(N(c4ccc(-c5ccccc5)cc4)c4ccc(-c5cccc6oc7ccccc7c56)cc4)cc3)cc21. The highest BCUT2D eigenvalue weighted by atomic mass is 16.3. The van der Waals surface area contributed by atoms with Gasteiger partial charge in [0.15, 0.2) is 0 Å². The molecule has 3 nitrogen and oxygen atoms in total. The fourth-order valence-corrected chi connectivity index (χ4v) is 11.5. The lowest BCUT2D eigenvalue weighted by molar-refractivity contribution is 0.669. The van der Waals surface area contributed by atoms with Crippen LogP contribution in [0, 0.1) is 0 Å². The van der Waals surface area contributed by atoms with E-state index < -0.39 is 0 Å². The van der Waals surface area contributed by atoms with Gasteiger partial charge in [-0.05, 0) is 161 Å². The molecular weight excluding hydrogens is 921 g/mol. The van der Waals surface area contributed by atoms with Crippen molar-refractivity contribution in [2.24, 2.45) is 0 Å². The van der Waals surface area contributed by atoms with Crippen LogP contribution < -0.4 is 9.80 Å². The number of anilines is 5. The zero-order valence-electron chi connectivity index (χ0n) is 41.8. The Bertz CT molecular complexity index is 4380. The van der Waals surface area contributed by atoms with Gasteiger partial charge in [0, 0.05) is 51.3 Å². The average Bonchev–Trinajstić information content (AvgIpc) is 3.97. The Balaban J connectivity index is 0.858. The second kappa shape index (κ2) is 18.8.